The van der Waals surface area contributed by atoms with Gasteiger partial charge in [-0.3, -0.25) is 4.79 Å². The first-order valence-corrected chi connectivity index (χ1v) is 9.98. The summed E-state index contributed by atoms with van der Waals surface area (Å²) in [5.74, 6) is -0.410. The number of benzene rings is 1. The third-order valence-corrected chi connectivity index (χ3v) is 5.87. The molecule has 3 aromatic rings. The molecule has 4 rings (SSSR count). The molecule has 1 N–H and O–H groups in total. The normalized spacial score (nSPS) is 20.3. The van der Waals surface area contributed by atoms with E-state index in [1.165, 1.54) is 0 Å². The first kappa shape index (κ1) is 19.9. The molecular formula is C20H20ClF3N4O. The van der Waals surface area contributed by atoms with Crippen molar-refractivity contribution < 1.29 is 13.2 Å². The highest BCUT2D eigenvalue weighted by Crippen LogP contribution is 2.42. The van der Waals surface area contributed by atoms with E-state index < -0.39 is 12.1 Å². The van der Waals surface area contributed by atoms with Crippen molar-refractivity contribution in [1.82, 2.24) is 19.5 Å². The molecule has 2 heterocycles. The number of aromatic nitrogens is 4. The van der Waals surface area contributed by atoms with Gasteiger partial charge in [0.1, 0.15) is 11.6 Å². The molecule has 0 bridgehead atoms. The SMILES string of the molecule is CCn1c(-c2ccc(Cl)cc2)nc2c(=O)[nH]c(C3CCC(C(F)(F)F)CC3)nc21. The highest BCUT2D eigenvalue weighted by molar-refractivity contribution is 6.30. The fraction of sp³-hybridized carbons (Fsp3) is 0.450. The predicted octanol–water partition coefficient (Wildman–Crippen LogP) is 5.30. The van der Waals surface area contributed by atoms with Gasteiger partial charge in [-0.2, -0.15) is 13.2 Å². The summed E-state index contributed by atoms with van der Waals surface area (Å²) in [6, 6.07) is 7.14. The lowest BCUT2D eigenvalue weighted by molar-refractivity contribution is -0.182. The molecule has 1 aromatic carbocycles. The van der Waals surface area contributed by atoms with E-state index >= 15 is 0 Å². The molecule has 0 spiro atoms. The van der Waals surface area contributed by atoms with Crippen LogP contribution in [0.15, 0.2) is 29.1 Å². The maximum Gasteiger partial charge on any atom is 0.391 e. The zero-order chi connectivity index (χ0) is 20.8. The Kier molecular flexibility index (Phi) is 5.14. The van der Waals surface area contributed by atoms with Gasteiger partial charge in [0.15, 0.2) is 11.2 Å². The minimum atomic E-state index is -4.16. The molecule has 5 nitrogen and oxygen atoms in total. The summed E-state index contributed by atoms with van der Waals surface area (Å²) in [6.07, 6.45) is -3.35. The molecule has 0 atom stereocenters. The van der Waals surface area contributed by atoms with Crippen molar-refractivity contribution in [2.45, 2.75) is 51.2 Å². The van der Waals surface area contributed by atoms with Gasteiger partial charge in [-0.15, -0.1) is 0 Å². The highest BCUT2D eigenvalue weighted by atomic mass is 35.5. The number of aryl methyl sites for hydroxylation is 1. The van der Waals surface area contributed by atoms with Gasteiger partial charge in [0.2, 0.25) is 0 Å². The number of imidazole rings is 1. The van der Waals surface area contributed by atoms with Crippen LogP contribution in [-0.2, 0) is 6.54 Å². The van der Waals surface area contributed by atoms with Crippen LogP contribution in [0.25, 0.3) is 22.6 Å². The second-order valence-electron chi connectivity index (χ2n) is 7.40. The molecule has 154 valence electrons. The quantitative estimate of drug-likeness (QED) is 0.620. The predicted molar refractivity (Wildman–Crippen MR) is 105 cm³/mol. The molecule has 1 fully saturated rings. The fourth-order valence-corrected chi connectivity index (χ4v) is 4.16. The van der Waals surface area contributed by atoms with E-state index in [9.17, 15) is 18.0 Å². The zero-order valence-corrected chi connectivity index (χ0v) is 16.5. The Bertz CT molecular complexity index is 1080. The Hall–Kier alpha value is -2.35. The lowest BCUT2D eigenvalue weighted by Gasteiger charge is -2.29. The third-order valence-electron chi connectivity index (χ3n) is 5.62. The Morgan fingerprint density at radius 3 is 2.38 bits per heavy atom. The Morgan fingerprint density at radius 1 is 1.14 bits per heavy atom. The number of nitrogens with one attached hydrogen (secondary N) is 1. The summed E-state index contributed by atoms with van der Waals surface area (Å²) >= 11 is 5.96. The number of H-pyrrole nitrogens is 1. The van der Waals surface area contributed by atoms with Crippen molar-refractivity contribution >= 4 is 22.8 Å². The molecule has 29 heavy (non-hydrogen) atoms. The minimum absolute atomic E-state index is 0.0545. The molecular weight excluding hydrogens is 405 g/mol. The van der Waals surface area contributed by atoms with Crippen LogP contribution in [0.5, 0.6) is 0 Å². The zero-order valence-electron chi connectivity index (χ0n) is 15.8. The van der Waals surface area contributed by atoms with Crippen LogP contribution in [0.1, 0.15) is 44.3 Å². The van der Waals surface area contributed by atoms with E-state index in [2.05, 4.69) is 15.0 Å². The van der Waals surface area contributed by atoms with Crippen LogP contribution in [-0.4, -0.2) is 25.7 Å². The van der Waals surface area contributed by atoms with Crippen LogP contribution in [0, 0.1) is 5.92 Å². The van der Waals surface area contributed by atoms with Crippen LogP contribution in [0.2, 0.25) is 5.02 Å². The molecule has 9 heteroatoms. The monoisotopic (exact) mass is 424 g/mol. The topological polar surface area (TPSA) is 63.6 Å². The lowest BCUT2D eigenvalue weighted by atomic mass is 9.81. The van der Waals surface area contributed by atoms with Crippen LogP contribution in [0.4, 0.5) is 13.2 Å². The molecule has 0 unspecified atom stereocenters. The highest BCUT2D eigenvalue weighted by Gasteiger charge is 2.42. The van der Waals surface area contributed by atoms with E-state index in [-0.39, 0.29) is 29.8 Å². The van der Waals surface area contributed by atoms with E-state index in [4.69, 9.17) is 11.6 Å². The van der Waals surface area contributed by atoms with Gasteiger partial charge in [0.25, 0.3) is 5.56 Å². The van der Waals surface area contributed by atoms with E-state index in [1.807, 2.05) is 23.6 Å². The summed E-state index contributed by atoms with van der Waals surface area (Å²) < 4.78 is 40.7. The molecule has 1 aliphatic rings. The minimum Gasteiger partial charge on any atom is -0.309 e. The largest absolute Gasteiger partial charge is 0.391 e. The number of alkyl halides is 3. The number of nitrogens with zero attached hydrogens (tertiary/aromatic N) is 3. The first-order valence-electron chi connectivity index (χ1n) is 9.61. The first-order chi connectivity index (χ1) is 13.8. The van der Waals surface area contributed by atoms with Crippen molar-refractivity contribution in [3.8, 4) is 11.4 Å². The van der Waals surface area contributed by atoms with Gasteiger partial charge in [-0.1, -0.05) is 11.6 Å². The molecule has 0 saturated heterocycles. The van der Waals surface area contributed by atoms with Gasteiger partial charge in [0, 0.05) is 23.0 Å². The second-order valence-corrected chi connectivity index (χ2v) is 7.84. The van der Waals surface area contributed by atoms with Gasteiger partial charge in [-0.25, -0.2) is 9.97 Å². The summed E-state index contributed by atoms with van der Waals surface area (Å²) in [5.41, 5.74) is 1.12. The summed E-state index contributed by atoms with van der Waals surface area (Å²) in [5, 5.41) is 0.598. The standard InChI is InChI=1S/C20H20ClF3N4O/c1-2-28-17(12-5-9-14(21)10-6-12)25-15-18(28)26-16(27-19(15)29)11-3-7-13(8-4-11)20(22,23)24/h5-6,9-11,13H,2-4,7-8H2,1H3,(H,26,27,29). The maximum absolute atomic E-state index is 12.9. The van der Waals surface area contributed by atoms with Gasteiger partial charge >= 0.3 is 6.18 Å². The van der Waals surface area contributed by atoms with Gasteiger partial charge in [-0.05, 0) is 56.9 Å². The molecule has 2 aromatic heterocycles. The molecule has 0 amide bonds. The number of halogens is 4. The van der Waals surface area contributed by atoms with E-state index in [0.717, 1.165) is 5.56 Å². The fourth-order valence-electron chi connectivity index (χ4n) is 4.03. The van der Waals surface area contributed by atoms with E-state index in [0.29, 0.717) is 41.7 Å². The summed E-state index contributed by atoms with van der Waals surface area (Å²) in [6.45, 7) is 2.47. The summed E-state index contributed by atoms with van der Waals surface area (Å²) in [4.78, 5) is 24.5. The number of hydrogen-bond donors (Lipinski definition) is 1. The van der Waals surface area contributed by atoms with Crippen molar-refractivity contribution in [2.75, 3.05) is 0 Å². The van der Waals surface area contributed by atoms with Crippen LogP contribution < -0.4 is 5.56 Å². The molecule has 0 radical (unpaired) electrons. The number of rotatable bonds is 3. The van der Waals surface area contributed by atoms with Crippen molar-refractivity contribution in [3.63, 3.8) is 0 Å². The summed E-state index contributed by atoms with van der Waals surface area (Å²) in [7, 11) is 0. The average molecular weight is 425 g/mol. The lowest BCUT2D eigenvalue weighted by Crippen LogP contribution is -2.28. The third kappa shape index (κ3) is 3.77. The van der Waals surface area contributed by atoms with Gasteiger partial charge in [0.05, 0.1) is 5.92 Å². The Labute approximate surface area is 169 Å². The number of aromatic amines is 1. The smallest absolute Gasteiger partial charge is 0.309 e. The number of fused-ring (bicyclic) bond motifs is 1. The number of hydrogen-bond acceptors (Lipinski definition) is 3. The van der Waals surface area contributed by atoms with E-state index in [1.54, 1.807) is 12.1 Å². The average Bonchev–Trinajstić information content (AvgIpc) is 3.07. The van der Waals surface area contributed by atoms with Crippen molar-refractivity contribution in [2.24, 2.45) is 5.92 Å². The maximum atomic E-state index is 12.9. The Morgan fingerprint density at radius 2 is 1.79 bits per heavy atom. The van der Waals surface area contributed by atoms with Crippen LogP contribution >= 0.6 is 11.6 Å². The Balaban J connectivity index is 1.72. The van der Waals surface area contributed by atoms with Crippen molar-refractivity contribution in [3.05, 3.63) is 45.5 Å². The van der Waals surface area contributed by atoms with Crippen LogP contribution in [0.3, 0.4) is 0 Å². The molecule has 0 aliphatic heterocycles. The van der Waals surface area contributed by atoms with Gasteiger partial charge < -0.3 is 9.55 Å². The molecule has 1 saturated carbocycles. The molecule has 1 aliphatic carbocycles. The van der Waals surface area contributed by atoms with Crippen molar-refractivity contribution in [1.29, 1.82) is 0 Å². The second kappa shape index (κ2) is 7.48.